The summed E-state index contributed by atoms with van der Waals surface area (Å²) < 4.78 is 29.6. The third kappa shape index (κ3) is 4.73. The summed E-state index contributed by atoms with van der Waals surface area (Å²) in [4.78, 5) is 26.9. The Labute approximate surface area is 192 Å². The lowest BCUT2D eigenvalue weighted by Crippen LogP contribution is -2.49. The number of nitriles is 1. The van der Waals surface area contributed by atoms with Crippen LogP contribution in [0.5, 0.6) is 5.75 Å². The van der Waals surface area contributed by atoms with E-state index in [0.29, 0.717) is 17.9 Å². The van der Waals surface area contributed by atoms with E-state index < -0.39 is 27.7 Å². The van der Waals surface area contributed by atoms with Crippen LogP contribution in [-0.4, -0.2) is 42.7 Å². The number of amides is 2. The van der Waals surface area contributed by atoms with Crippen LogP contribution in [0.25, 0.3) is 6.08 Å². The molecule has 1 unspecified atom stereocenters. The Morgan fingerprint density at radius 1 is 1.09 bits per heavy atom. The molecule has 0 spiro atoms. The first-order valence-corrected chi connectivity index (χ1v) is 12.3. The van der Waals surface area contributed by atoms with Crippen molar-refractivity contribution in [2.75, 3.05) is 11.5 Å². The van der Waals surface area contributed by atoms with E-state index >= 15 is 0 Å². The molecular formula is C25H22N2O5S. The van der Waals surface area contributed by atoms with Crippen LogP contribution in [0.15, 0.2) is 71.3 Å². The maximum Gasteiger partial charge on any atom is 0.271 e. The van der Waals surface area contributed by atoms with Gasteiger partial charge in [-0.05, 0) is 48.3 Å². The number of imide groups is 1. The molecule has 0 saturated carbocycles. The molecule has 0 bridgehead atoms. The van der Waals surface area contributed by atoms with Crippen LogP contribution in [0.2, 0.25) is 0 Å². The molecule has 2 aromatic rings. The minimum Gasteiger partial charge on any atom is -0.489 e. The van der Waals surface area contributed by atoms with E-state index in [-0.39, 0.29) is 34.6 Å². The molecule has 0 aliphatic carbocycles. The van der Waals surface area contributed by atoms with Crippen LogP contribution in [-0.2, 0) is 26.0 Å². The van der Waals surface area contributed by atoms with Crippen LogP contribution >= 0.6 is 0 Å². The highest BCUT2D eigenvalue weighted by Crippen LogP contribution is 2.31. The Morgan fingerprint density at radius 2 is 1.79 bits per heavy atom. The highest BCUT2D eigenvalue weighted by atomic mass is 32.2. The smallest absolute Gasteiger partial charge is 0.271 e. The largest absolute Gasteiger partial charge is 0.489 e. The Kier molecular flexibility index (Phi) is 6.16. The fraction of sp³-hybridized carbons (Fsp3) is 0.240. The quantitative estimate of drug-likeness (QED) is 0.500. The summed E-state index contributed by atoms with van der Waals surface area (Å²) in [5.41, 5.74) is 2.07. The second kappa shape index (κ2) is 9.04. The van der Waals surface area contributed by atoms with Crippen molar-refractivity contribution in [1.82, 2.24) is 4.90 Å². The van der Waals surface area contributed by atoms with Gasteiger partial charge in [0.25, 0.3) is 11.8 Å². The van der Waals surface area contributed by atoms with Gasteiger partial charge in [-0.1, -0.05) is 42.5 Å². The van der Waals surface area contributed by atoms with Crippen LogP contribution in [0.4, 0.5) is 0 Å². The van der Waals surface area contributed by atoms with Crippen LogP contribution in [0.1, 0.15) is 24.5 Å². The van der Waals surface area contributed by atoms with Gasteiger partial charge < -0.3 is 4.74 Å². The van der Waals surface area contributed by atoms with Gasteiger partial charge >= 0.3 is 0 Å². The number of ether oxygens (including phenoxy) is 1. The van der Waals surface area contributed by atoms with Gasteiger partial charge in [-0.15, -0.1) is 0 Å². The number of nitrogens with zero attached hydrogens (tertiary/aromatic N) is 2. The van der Waals surface area contributed by atoms with Crippen molar-refractivity contribution in [3.63, 3.8) is 0 Å². The predicted molar refractivity (Wildman–Crippen MR) is 122 cm³/mol. The molecule has 2 amide bonds. The van der Waals surface area contributed by atoms with Crippen LogP contribution in [0, 0.1) is 11.3 Å². The zero-order valence-electron chi connectivity index (χ0n) is 18.0. The van der Waals surface area contributed by atoms with E-state index in [1.165, 1.54) is 0 Å². The Balaban J connectivity index is 1.59. The minimum atomic E-state index is -3.31. The molecule has 8 heteroatoms. The average Bonchev–Trinajstić information content (AvgIpc) is 3.16. The number of hydrogen-bond donors (Lipinski definition) is 0. The molecule has 2 aliphatic rings. The molecule has 2 aliphatic heterocycles. The maximum absolute atomic E-state index is 13.2. The van der Waals surface area contributed by atoms with Crippen molar-refractivity contribution in [3.05, 3.63) is 82.4 Å². The molecular weight excluding hydrogens is 440 g/mol. The summed E-state index contributed by atoms with van der Waals surface area (Å²) in [5.74, 6) is -1.01. The predicted octanol–water partition coefficient (Wildman–Crippen LogP) is 3.04. The third-order valence-corrected chi connectivity index (χ3v) is 7.54. The molecule has 168 valence electrons. The van der Waals surface area contributed by atoms with Crippen LogP contribution < -0.4 is 4.74 Å². The lowest BCUT2D eigenvalue weighted by Gasteiger charge is -2.31. The number of hydrogen-bond acceptors (Lipinski definition) is 6. The molecule has 7 nitrogen and oxygen atoms in total. The molecule has 1 saturated heterocycles. The van der Waals surface area contributed by atoms with Gasteiger partial charge in [-0.3, -0.25) is 14.5 Å². The van der Waals surface area contributed by atoms with Gasteiger partial charge in [0.1, 0.15) is 24.0 Å². The SMILES string of the molecule is CC1=C(C#N)C(=O)N(C2CCS(=O)(=O)C2)C(=O)/C1=C\c1ccc(OCc2ccccc2)cc1. The fourth-order valence-electron chi connectivity index (χ4n) is 3.98. The standard InChI is InChI=1S/C25H22N2O5S/c1-17-22(13-18-7-9-21(10-8-18)32-15-19-5-3-2-4-6-19)24(28)27(25(29)23(17)14-26)20-11-12-33(30,31)16-20/h2-10,13,20H,11-12,15-16H2,1H3/b22-13-. The lowest BCUT2D eigenvalue weighted by molar-refractivity contribution is -0.142. The van der Waals surface area contributed by atoms with Gasteiger partial charge in [0.2, 0.25) is 0 Å². The lowest BCUT2D eigenvalue weighted by atomic mass is 9.92. The van der Waals surface area contributed by atoms with Gasteiger partial charge in [0.15, 0.2) is 9.84 Å². The zero-order valence-corrected chi connectivity index (χ0v) is 18.8. The minimum absolute atomic E-state index is 0.0806. The summed E-state index contributed by atoms with van der Waals surface area (Å²) in [6, 6.07) is 18.0. The summed E-state index contributed by atoms with van der Waals surface area (Å²) in [6.07, 6.45) is 1.79. The molecule has 1 atom stereocenters. The van der Waals surface area contributed by atoms with Gasteiger partial charge in [-0.25, -0.2) is 8.42 Å². The third-order valence-electron chi connectivity index (χ3n) is 5.79. The highest BCUT2D eigenvalue weighted by Gasteiger charge is 2.43. The van der Waals surface area contributed by atoms with Crippen molar-refractivity contribution in [2.24, 2.45) is 0 Å². The van der Waals surface area contributed by atoms with Crippen LogP contribution in [0.3, 0.4) is 0 Å². The number of carbonyl (C=O) groups excluding carboxylic acids is 2. The second-order valence-corrected chi connectivity index (χ2v) is 10.3. The topological polar surface area (TPSA) is 105 Å². The normalized spacial score (nSPS) is 21.4. The average molecular weight is 463 g/mol. The van der Waals surface area contributed by atoms with E-state index in [4.69, 9.17) is 4.74 Å². The summed E-state index contributed by atoms with van der Waals surface area (Å²) in [5, 5.41) is 9.53. The van der Waals surface area contributed by atoms with Crippen molar-refractivity contribution in [1.29, 1.82) is 5.26 Å². The number of carbonyl (C=O) groups is 2. The van der Waals surface area contributed by atoms with E-state index in [1.807, 2.05) is 36.4 Å². The molecule has 33 heavy (non-hydrogen) atoms. The van der Waals surface area contributed by atoms with E-state index in [2.05, 4.69) is 0 Å². The molecule has 1 fully saturated rings. The summed E-state index contributed by atoms with van der Waals surface area (Å²) in [7, 11) is -3.31. The Bertz CT molecular complexity index is 1300. The molecule has 2 aromatic carbocycles. The Morgan fingerprint density at radius 3 is 2.39 bits per heavy atom. The first-order valence-electron chi connectivity index (χ1n) is 10.5. The summed E-state index contributed by atoms with van der Waals surface area (Å²) >= 11 is 0. The highest BCUT2D eigenvalue weighted by molar-refractivity contribution is 7.91. The van der Waals surface area contributed by atoms with Crippen molar-refractivity contribution >= 4 is 27.7 Å². The van der Waals surface area contributed by atoms with Crippen molar-refractivity contribution in [2.45, 2.75) is 26.0 Å². The van der Waals surface area contributed by atoms with E-state index in [0.717, 1.165) is 10.5 Å². The van der Waals surface area contributed by atoms with Gasteiger partial charge in [0.05, 0.1) is 17.5 Å². The molecule has 2 heterocycles. The fourth-order valence-corrected chi connectivity index (χ4v) is 5.68. The molecule has 0 aromatic heterocycles. The van der Waals surface area contributed by atoms with E-state index in [9.17, 15) is 23.3 Å². The Hall–Kier alpha value is -3.70. The first kappa shape index (κ1) is 22.5. The molecule has 0 radical (unpaired) electrons. The number of benzene rings is 2. The maximum atomic E-state index is 13.2. The van der Waals surface area contributed by atoms with Gasteiger partial charge in [0, 0.05) is 5.57 Å². The van der Waals surface area contributed by atoms with Crippen molar-refractivity contribution in [3.8, 4) is 11.8 Å². The first-order chi connectivity index (χ1) is 15.8. The van der Waals surface area contributed by atoms with E-state index in [1.54, 1.807) is 37.3 Å². The molecule has 4 rings (SSSR count). The summed E-state index contributed by atoms with van der Waals surface area (Å²) in [6.45, 7) is 1.98. The second-order valence-electron chi connectivity index (χ2n) is 8.05. The number of rotatable bonds is 5. The van der Waals surface area contributed by atoms with Crippen molar-refractivity contribution < 1.29 is 22.7 Å². The molecule has 0 N–H and O–H groups in total. The zero-order chi connectivity index (χ0) is 23.6. The van der Waals surface area contributed by atoms with Gasteiger partial charge in [-0.2, -0.15) is 5.26 Å². The monoisotopic (exact) mass is 462 g/mol. The number of sulfone groups is 1.